The monoisotopic (exact) mass is 374 g/mol. The molecule has 0 bridgehead atoms. The van der Waals surface area contributed by atoms with Crippen molar-refractivity contribution < 1.29 is 9.53 Å². The second-order valence-corrected chi connectivity index (χ2v) is 6.43. The lowest BCUT2D eigenvalue weighted by atomic mass is 10.0. The van der Waals surface area contributed by atoms with Crippen LogP contribution in [0.25, 0.3) is 0 Å². The number of amides is 1. The van der Waals surface area contributed by atoms with Crippen molar-refractivity contribution in [3.05, 3.63) is 21.6 Å². The van der Waals surface area contributed by atoms with Crippen molar-refractivity contribution in [1.29, 1.82) is 0 Å². The molecule has 0 spiro atoms. The number of nitrogens with one attached hydrogen (secondary N) is 2. The summed E-state index contributed by atoms with van der Waals surface area (Å²) in [5.74, 6) is 1.23. The Kier molecular flexibility index (Phi) is 6.33. The summed E-state index contributed by atoms with van der Waals surface area (Å²) in [7, 11) is 0. The van der Waals surface area contributed by atoms with E-state index in [1.54, 1.807) is 12.1 Å². The van der Waals surface area contributed by atoms with E-state index >= 15 is 0 Å². The number of hydrogen-bond acceptors (Lipinski definition) is 3. The number of ether oxygens (including phenoxy) is 1. The van der Waals surface area contributed by atoms with Crippen LogP contribution >= 0.6 is 27.5 Å². The molecule has 1 fully saturated rings. The van der Waals surface area contributed by atoms with Crippen LogP contribution in [0.1, 0.15) is 26.2 Å². The topological polar surface area (TPSA) is 50.4 Å². The molecular formula is C15H20BrClN2O2. The first-order valence-corrected chi connectivity index (χ1v) is 8.39. The fourth-order valence-electron chi connectivity index (χ4n) is 2.45. The maximum atomic E-state index is 12.1. The van der Waals surface area contributed by atoms with Crippen molar-refractivity contribution in [3.63, 3.8) is 0 Å². The van der Waals surface area contributed by atoms with E-state index in [0.717, 1.165) is 30.4 Å². The van der Waals surface area contributed by atoms with Gasteiger partial charge in [0, 0.05) is 11.4 Å². The Bertz CT molecular complexity index is 505. The largest absolute Gasteiger partial charge is 0.491 e. The first-order valence-electron chi connectivity index (χ1n) is 7.22. The summed E-state index contributed by atoms with van der Waals surface area (Å²) >= 11 is 9.45. The summed E-state index contributed by atoms with van der Waals surface area (Å²) < 4.78 is 6.31. The van der Waals surface area contributed by atoms with Gasteiger partial charge in [-0.25, -0.2) is 0 Å². The fraction of sp³-hybridized carbons (Fsp3) is 0.533. The smallest absolute Gasteiger partial charge is 0.224 e. The summed E-state index contributed by atoms with van der Waals surface area (Å²) in [6.45, 7) is 4.50. The first kappa shape index (κ1) is 16.6. The highest BCUT2D eigenvalue weighted by Crippen LogP contribution is 2.36. The van der Waals surface area contributed by atoms with Gasteiger partial charge in [0.1, 0.15) is 0 Å². The van der Waals surface area contributed by atoms with E-state index in [2.05, 4.69) is 26.6 Å². The molecule has 6 heteroatoms. The molecule has 0 aliphatic carbocycles. The average molecular weight is 376 g/mol. The molecule has 2 N–H and O–H groups in total. The molecule has 1 atom stereocenters. The van der Waals surface area contributed by atoms with Gasteiger partial charge in [0.25, 0.3) is 0 Å². The van der Waals surface area contributed by atoms with Crippen LogP contribution in [0.15, 0.2) is 16.6 Å². The van der Waals surface area contributed by atoms with E-state index in [-0.39, 0.29) is 5.91 Å². The van der Waals surface area contributed by atoms with Gasteiger partial charge in [0.2, 0.25) is 5.91 Å². The second kappa shape index (κ2) is 8.01. The van der Waals surface area contributed by atoms with Crippen molar-refractivity contribution in [2.75, 3.05) is 25.0 Å². The summed E-state index contributed by atoms with van der Waals surface area (Å²) in [4.78, 5) is 12.1. The van der Waals surface area contributed by atoms with Crippen LogP contribution in [-0.4, -0.2) is 25.6 Å². The molecule has 1 heterocycles. The van der Waals surface area contributed by atoms with E-state index in [1.807, 2.05) is 6.92 Å². The molecule has 1 aromatic carbocycles. The van der Waals surface area contributed by atoms with Crippen molar-refractivity contribution in [3.8, 4) is 5.75 Å². The number of carbonyl (C=O) groups is 1. The van der Waals surface area contributed by atoms with Gasteiger partial charge in [-0.2, -0.15) is 0 Å². The Morgan fingerprint density at radius 1 is 1.57 bits per heavy atom. The summed E-state index contributed by atoms with van der Waals surface area (Å²) in [5, 5.41) is 6.77. The molecule has 1 amide bonds. The van der Waals surface area contributed by atoms with Gasteiger partial charge in [-0.15, -0.1) is 0 Å². The minimum atomic E-state index is -0.00276. The summed E-state index contributed by atoms with van der Waals surface area (Å²) in [5.41, 5.74) is 0.616. The van der Waals surface area contributed by atoms with Crippen LogP contribution in [0.5, 0.6) is 5.75 Å². The van der Waals surface area contributed by atoms with Crippen molar-refractivity contribution in [2.45, 2.75) is 26.2 Å². The van der Waals surface area contributed by atoms with E-state index in [0.29, 0.717) is 35.4 Å². The fourth-order valence-corrected chi connectivity index (χ4v) is 3.38. The molecule has 116 valence electrons. The third kappa shape index (κ3) is 4.87. The normalized spacial score (nSPS) is 17.8. The van der Waals surface area contributed by atoms with E-state index in [1.165, 1.54) is 0 Å². The highest BCUT2D eigenvalue weighted by molar-refractivity contribution is 9.10. The zero-order valence-electron chi connectivity index (χ0n) is 12.0. The minimum Gasteiger partial charge on any atom is -0.491 e. The molecule has 1 saturated heterocycles. The Hall–Kier alpha value is -0.780. The molecule has 1 aliphatic heterocycles. The molecule has 0 aromatic heterocycles. The van der Waals surface area contributed by atoms with Gasteiger partial charge in [-0.1, -0.05) is 11.6 Å². The van der Waals surface area contributed by atoms with Gasteiger partial charge in [0.15, 0.2) is 5.75 Å². The van der Waals surface area contributed by atoms with Crippen LogP contribution in [0.2, 0.25) is 5.02 Å². The zero-order chi connectivity index (χ0) is 15.2. The third-order valence-corrected chi connectivity index (χ3v) is 4.32. The number of rotatable bonds is 6. The van der Waals surface area contributed by atoms with Crippen molar-refractivity contribution >= 4 is 39.1 Å². The zero-order valence-corrected chi connectivity index (χ0v) is 14.4. The van der Waals surface area contributed by atoms with Crippen molar-refractivity contribution in [2.24, 2.45) is 5.92 Å². The lowest BCUT2D eigenvalue weighted by Crippen LogP contribution is -2.15. The number of hydrogen-bond donors (Lipinski definition) is 2. The van der Waals surface area contributed by atoms with Crippen LogP contribution in [-0.2, 0) is 4.79 Å². The third-order valence-electron chi connectivity index (χ3n) is 3.51. The molecule has 4 nitrogen and oxygen atoms in total. The number of halogens is 2. The van der Waals surface area contributed by atoms with Crippen LogP contribution in [0, 0.1) is 5.92 Å². The molecule has 1 unspecified atom stereocenters. The molecule has 1 aliphatic rings. The predicted molar refractivity (Wildman–Crippen MR) is 89.2 cm³/mol. The SMILES string of the molecule is CCOc1c(Br)cc(Cl)cc1NC(=O)CCC1CCNC1. The standard InChI is InChI=1S/C15H20BrClN2O2/c1-2-21-15-12(16)7-11(17)8-13(15)19-14(20)4-3-10-5-6-18-9-10/h7-8,10,18H,2-6,9H2,1H3,(H,19,20). The second-order valence-electron chi connectivity index (χ2n) is 5.14. The number of carbonyl (C=O) groups excluding carboxylic acids is 1. The minimum absolute atomic E-state index is 0.00276. The van der Waals surface area contributed by atoms with E-state index in [9.17, 15) is 4.79 Å². The highest BCUT2D eigenvalue weighted by atomic mass is 79.9. The first-order chi connectivity index (χ1) is 10.1. The molecular weight excluding hydrogens is 356 g/mol. The van der Waals surface area contributed by atoms with E-state index < -0.39 is 0 Å². The van der Waals surface area contributed by atoms with Gasteiger partial charge >= 0.3 is 0 Å². The summed E-state index contributed by atoms with van der Waals surface area (Å²) in [6.07, 6.45) is 2.58. The Morgan fingerprint density at radius 3 is 3.05 bits per heavy atom. The number of anilines is 1. The lowest BCUT2D eigenvalue weighted by Gasteiger charge is -2.14. The van der Waals surface area contributed by atoms with Gasteiger partial charge in [-0.05, 0) is 66.8 Å². The molecule has 2 rings (SSSR count). The Morgan fingerprint density at radius 2 is 2.38 bits per heavy atom. The molecule has 0 saturated carbocycles. The van der Waals surface area contributed by atoms with Crippen molar-refractivity contribution in [1.82, 2.24) is 5.32 Å². The van der Waals surface area contributed by atoms with Crippen LogP contribution < -0.4 is 15.4 Å². The predicted octanol–water partition coefficient (Wildman–Crippen LogP) is 3.83. The summed E-state index contributed by atoms with van der Waals surface area (Å²) in [6, 6.07) is 3.47. The molecule has 21 heavy (non-hydrogen) atoms. The number of benzene rings is 1. The average Bonchev–Trinajstić information content (AvgIpc) is 2.93. The Labute approximate surface area is 138 Å². The Balaban J connectivity index is 1.98. The van der Waals surface area contributed by atoms with Gasteiger partial charge < -0.3 is 15.4 Å². The highest BCUT2D eigenvalue weighted by Gasteiger charge is 2.17. The van der Waals surface area contributed by atoms with Gasteiger partial charge in [0.05, 0.1) is 16.8 Å². The maximum absolute atomic E-state index is 12.1. The maximum Gasteiger partial charge on any atom is 0.224 e. The van der Waals surface area contributed by atoms with Crippen LogP contribution in [0.4, 0.5) is 5.69 Å². The quantitative estimate of drug-likeness (QED) is 0.794. The van der Waals surface area contributed by atoms with Crippen LogP contribution in [0.3, 0.4) is 0 Å². The van der Waals surface area contributed by atoms with Gasteiger partial charge in [-0.3, -0.25) is 4.79 Å². The van der Waals surface area contributed by atoms with E-state index in [4.69, 9.17) is 16.3 Å². The lowest BCUT2D eigenvalue weighted by molar-refractivity contribution is -0.116. The molecule has 0 radical (unpaired) electrons. The molecule has 1 aromatic rings.